The van der Waals surface area contributed by atoms with Crippen LogP contribution in [0.4, 0.5) is 23.7 Å². The first-order chi connectivity index (χ1) is 20.1. The van der Waals surface area contributed by atoms with Crippen LogP contribution in [0.25, 0.3) is 0 Å². The quantitative estimate of drug-likeness (QED) is 0.370. The summed E-state index contributed by atoms with van der Waals surface area (Å²) in [5, 5.41) is 20.5. The van der Waals surface area contributed by atoms with Crippen molar-refractivity contribution in [2.24, 2.45) is 16.7 Å². The highest BCUT2D eigenvalue weighted by Crippen LogP contribution is 2.48. The molecule has 1 heterocycles. The molecule has 2 aromatic rings. The maximum Gasteiger partial charge on any atom is 0.573 e. The largest absolute Gasteiger partial charge is 0.573 e. The van der Waals surface area contributed by atoms with Crippen molar-refractivity contribution in [3.05, 3.63) is 59.7 Å². The number of anilines is 1. The van der Waals surface area contributed by atoms with Gasteiger partial charge >= 0.3 is 18.4 Å². The lowest BCUT2D eigenvalue weighted by Crippen LogP contribution is -2.59. The van der Waals surface area contributed by atoms with Crippen LogP contribution in [0.3, 0.4) is 0 Å². The van der Waals surface area contributed by atoms with Gasteiger partial charge in [-0.25, -0.2) is 9.59 Å². The highest BCUT2D eigenvalue weighted by atomic mass is 19.4. The van der Waals surface area contributed by atoms with Gasteiger partial charge in [-0.1, -0.05) is 32.9 Å². The number of carboxylic acid groups (broad SMARTS) is 1. The molecule has 43 heavy (non-hydrogen) atoms. The number of carbonyl (C=O) groups is 3. The number of halogens is 3. The van der Waals surface area contributed by atoms with Crippen molar-refractivity contribution in [1.29, 1.82) is 0 Å². The smallest absolute Gasteiger partial charge is 0.479 e. The molecular formula is C31H38F3N3O6. The van der Waals surface area contributed by atoms with E-state index in [1.165, 1.54) is 24.3 Å². The Kier molecular flexibility index (Phi) is 9.29. The molecule has 0 bridgehead atoms. The topological polar surface area (TPSA) is 119 Å². The molecule has 4 rings (SSSR count). The van der Waals surface area contributed by atoms with E-state index in [4.69, 9.17) is 5.11 Å². The monoisotopic (exact) mass is 605 g/mol. The molecule has 1 aliphatic carbocycles. The lowest BCUT2D eigenvalue weighted by atomic mass is 9.63. The molecule has 12 heteroatoms. The molecule has 2 aromatic carbocycles. The minimum atomic E-state index is -4.81. The summed E-state index contributed by atoms with van der Waals surface area (Å²) < 4.78 is 42.1. The number of urea groups is 1. The Morgan fingerprint density at radius 1 is 1.02 bits per heavy atom. The maximum absolute atomic E-state index is 13.8. The number of alkyl halides is 3. The first-order valence-corrected chi connectivity index (χ1v) is 14.3. The summed E-state index contributed by atoms with van der Waals surface area (Å²) in [6.45, 7) is 7.53. The van der Waals surface area contributed by atoms with Gasteiger partial charge in [0, 0.05) is 36.3 Å². The zero-order chi connectivity index (χ0) is 31.6. The fraction of sp³-hybridized carbons (Fsp3) is 0.516. The van der Waals surface area contributed by atoms with Crippen molar-refractivity contribution in [1.82, 2.24) is 10.2 Å². The lowest BCUT2D eigenvalue weighted by Gasteiger charge is -2.52. The first kappa shape index (κ1) is 32.1. The fourth-order valence-corrected chi connectivity index (χ4v) is 6.02. The predicted molar refractivity (Wildman–Crippen MR) is 153 cm³/mol. The van der Waals surface area contributed by atoms with Crippen LogP contribution in [0.1, 0.15) is 62.4 Å². The summed E-state index contributed by atoms with van der Waals surface area (Å²) in [5.74, 6) is -1.79. The lowest BCUT2D eigenvalue weighted by molar-refractivity contribution is -0.274. The fourth-order valence-electron chi connectivity index (χ4n) is 6.02. The van der Waals surface area contributed by atoms with Crippen molar-refractivity contribution < 1.29 is 42.5 Å². The Hall–Kier alpha value is -3.80. The number of aliphatic carboxylic acids is 1. The van der Waals surface area contributed by atoms with Gasteiger partial charge in [-0.2, -0.15) is 0 Å². The van der Waals surface area contributed by atoms with Crippen LogP contribution in [0, 0.1) is 16.7 Å². The van der Waals surface area contributed by atoms with Crippen molar-refractivity contribution in [3.63, 3.8) is 0 Å². The standard InChI is InChI=1S/C31H38F3N3O6/c1-29(2,3)22-12-14-30(15-13-22)18-36(17-20-4-6-21(7-5-20)26(39)35-16-25(38)27(40)41)28(42)37(19-30)23-8-10-24(11-9-23)43-31(32,33)34/h4-11,22,25,38H,12-19H2,1-3H3,(H,35,39)(H,40,41)/t22-,25-,30-/m1/s1. The number of aliphatic hydroxyl groups is 1. The predicted octanol–water partition coefficient (Wildman–Crippen LogP) is 5.43. The highest BCUT2D eigenvalue weighted by molar-refractivity contribution is 5.95. The van der Waals surface area contributed by atoms with Crippen LogP contribution in [-0.4, -0.2) is 65.1 Å². The number of benzene rings is 2. The highest BCUT2D eigenvalue weighted by Gasteiger charge is 2.46. The van der Waals surface area contributed by atoms with Crippen LogP contribution in [0.5, 0.6) is 5.75 Å². The summed E-state index contributed by atoms with van der Waals surface area (Å²) in [6, 6.07) is 11.6. The second kappa shape index (κ2) is 12.4. The normalized spacial score (nSPS) is 21.9. The SMILES string of the molecule is CC(C)(C)[C@H]1CC[C@]2(CC1)CN(Cc1ccc(C(=O)NC[C@@H](O)C(=O)O)cc1)C(=O)N(c1ccc(OC(F)(F)F)cc1)C2. The summed E-state index contributed by atoms with van der Waals surface area (Å²) in [4.78, 5) is 40.3. The number of hydrogen-bond donors (Lipinski definition) is 3. The molecule has 1 saturated carbocycles. The van der Waals surface area contributed by atoms with Crippen molar-refractivity contribution in [3.8, 4) is 5.75 Å². The van der Waals surface area contributed by atoms with Crippen molar-refractivity contribution in [2.75, 3.05) is 24.5 Å². The third-order valence-electron chi connectivity index (χ3n) is 8.50. The number of carbonyl (C=O) groups excluding carboxylic acids is 2. The summed E-state index contributed by atoms with van der Waals surface area (Å²) >= 11 is 0. The van der Waals surface area contributed by atoms with Gasteiger partial charge in [-0.05, 0) is 79.0 Å². The average Bonchev–Trinajstić information content (AvgIpc) is 2.93. The molecule has 0 aromatic heterocycles. The minimum Gasteiger partial charge on any atom is -0.479 e. The van der Waals surface area contributed by atoms with E-state index in [1.54, 1.807) is 34.1 Å². The third-order valence-corrected chi connectivity index (χ3v) is 8.50. The van der Waals surface area contributed by atoms with E-state index in [-0.39, 0.29) is 34.7 Å². The van der Waals surface area contributed by atoms with E-state index >= 15 is 0 Å². The molecule has 2 fully saturated rings. The molecule has 0 unspecified atom stereocenters. The van der Waals surface area contributed by atoms with Crippen LogP contribution in [0.15, 0.2) is 48.5 Å². The van der Waals surface area contributed by atoms with Crippen LogP contribution < -0.4 is 15.0 Å². The van der Waals surface area contributed by atoms with Gasteiger partial charge < -0.3 is 25.2 Å². The first-order valence-electron chi connectivity index (χ1n) is 14.3. The molecule has 2 aliphatic rings. The zero-order valence-electron chi connectivity index (χ0n) is 24.5. The van der Waals surface area contributed by atoms with E-state index in [0.717, 1.165) is 31.2 Å². The van der Waals surface area contributed by atoms with Crippen molar-refractivity contribution >= 4 is 23.6 Å². The van der Waals surface area contributed by atoms with Crippen LogP contribution >= 0.6 is 0 Å². The van der Waals surface area contributed by atoms with E-state index in [1.807, 2.05) is 0 Å². The van der Waals surface area contributed by atoms with Crippen molar-refractivity contribution in [2.45, 2.75) is 65.5 Å². The van der Waals surface area contributed by atoms with Gasteiger partial charge in [0.1, 0.15) is 5.75 Å². The second-order valence-electron chi connectivity index (χ2n) is 12.7. The molecule has 3 N–H and O–H groups in total. The number of aliphatic hydroxyl groups excluding tert-OH is 1. The van der Waals surface area contributed by atoms with E-state index < -0.39 is 30.9 Å². The molecule has 1 atom stereocenters. The summed E-state index contributed by atoms with van der Waals surface area (Å²) in [7, 11) is 0. The van der Waals surface area contributed by atoms with Gasteiger partial charge in [0.05, 0.1) is 6.54 Å². The van der Waals surface area contributed by atoms with E-state index in [9.17, 15) is 32.7 Å². The molecular weight excluding hydrogens is 567 g/mol. The second-order valence-corrected chi connectivity index (χ2v) is 12.7. The number of amides is 3. The van der Waals surface area contributed by atoms with Gasteiger partial charge in [0.2, 0.25) is 0 Å². The number of hydrogen-bond acceptors (Lipinski definition) is 5. The number of ether oxygens (including phenoxy) is 1. The Bertz CT molecular complexity index is 1300. The number of carboxylic acids is 1. The van der Waals surface area contributed by atoms with Gasteiger partial charge in [0.15, 0.2) is 6.10 Å². The average molecular weight is 606 g/mol. The minimum absolute atomic E-state index is 0.166. The number of nitrogens with one attached hydrogen (secondary N) is 1. The molecule has 1 saturated heterocycles. The summed E-state index contributed by atoms with van der Waals surface area (Å²) in [6.07, 6.45) is -2.69. The Balaban J connectivity index is 1.53. The van der Waals surface area contributed by atoms with E-state index in [2.05, 4.69) is 30.8 Å². The third kappa shape index (κ3) is 8.19. The zero-order valence-corrected chi connectivity index (χ0v) is 24.5. The van der Waals surface area contributed by atoms with Crippen LogP contribution in [0.2, 0.25) is 0 Å². The Morgan fingerprint density at radius 2 is 1.63 bits per heavy atom. The molecule has 1 aliphatic heterocycles. The Labute approximate surface area is 248 Å². The summed E-state index contributed by atoms with van der Waals surface area (Å²) in [5.41, 5.74) is 1.49. The molecule has 234 valence electrons. The van der Waals surface area contributed by atoms with Gasteiger partial charge in [-0.15, -0.1) is 13.2 Å². The number of nitrogens with zero attached hydrogens (tertiary/aromatic N) is 2. The molecule has 9 nitrogen and oxygen atoms in total. The molecule has 3 amide bonds. The molecule has 0 radical (unpaired) electrons. The van der Waals surface area contributed by atoms with Gasteiger partial charge in [0.25, 0.3) is 5.91 Å². The maximum atomic E-state index is 13.8. The van der Waals surface area contributed by atoms with E-state index in [0.29, 0.717) is 24.7 Å². The molecule has 1 spiro atoms. The Morgan fingerprint density at radius 3 is 2.16 bits per heavy atom. The number of rotatable bonds is 8. The van der Waals surface area contributed by atoms with Crippen LogP contribution in [-0.2, 0) is 11.3 Å². The van der Waals surface area contributed by atoms with Gasteiger partial charge in [-0.3, -0.25) is 9.69 Å².